The molecule has 2 aliphatic carbocycles. The number of carbonyl (C=O) groups excluding carboxylic acids is 1. The number of rotatable bonds is 4. The van der Waals surface area contributed by atoms with Gasteiger partial charge in [-0.2, -0.15) is 0 Å². The van der Waals surface area contributed by atoms with Crippen molar-refractivity contribution in [1.29, 1.82) is 0 Å². The molecule has 126 valence electrons. The molecule has 2 aliphatic rings. The summed E-state index contributed by atoms with van der Waals surface area (Å²) in [6, 6.07) is 6.61. The van der Waals surface area contributed by atoms with Crippen molar-refractivity contribution in [3.05, 3.63) is 29.3 Å². The highest BCUT2D eigenvalue weighted by atomic mass is 16.5. The number of benzene rings is 1. The molecule has 0 saturated heterocycles. The van der Waals surface area contributed by atoms with Gasteiger partial charge in [0.1, 0.15) is 11.5 Å². The van der Waals surface area contributed by atoms with Crippen LogP contribution in [0.3, 0.4) is 0 Å². The Morgan fingerprint density at radius 2 is 2.09 bits per heavy atom. The van der Waals surface area contributed by atoms with Crippen LogP contribution in [0.5, 0.6) is 5.75 Å². The second-order valence-electron chi connectivity index (χ2n) is 7.49. The predicted molar refractivity (Wildman–Crippen MR) is 94.0 cm³/mol. The van der Waals surface area contributed by atoms with E-state index in [1.54, 1.807) is 7.11 Å². The van der Waals surface area contributed by atoms with Gasteiger partial charge in [-0.25, -0.2) is 0 Å². The van der Waals surface area contributed by atoms with Crippen molar-refractivity contribution in [2.24, 2.45) is 17.3 Å². The van der Waals surface area contributed by atoms with E-state index in [-0.39, 0.29) is 5.41 Å². The molecule has 2 heteroatoms. The van der Waals surface area contributed by atoms with Crippen LogP contribution in [-0.2, 0) is 11.2 Å². The van der Waals surface area contributed by atoms with Gasteiger partial charge in [-0.05, 0) is 80.0 Å². The van der Waals surface area contributed by atoms with Crippen molar-refractivity contribution in [1.82, 2.24) is 0 Å². The third kappa shape index (κ3) is 2.51. The average Bonchev–Trinajstić information content (AvgIpc) is 2.59. The summed E-state index contributed by atoms with van der Waals surface area (Å²) >= 11 is 0. The number of Topliss-reactive ketones (excluding diaryl/α,β-unsaturated/α-hetero) is 1. The van der Waals surface area contributed by atoms with Crippen LogP contribution in [-0.4, -0.2) is 12.9 Å². The fraction of sp³-hybridized carbons (Fsp3) is 0.667. The molecule has 1 fully saturated rings. The normalized spacial score (nSPS) is 32.8. The van der Waals surface area contributed by atoms with E-state index in [2.05, 4.69) is 32.0 Å². The maximum absolute atomic E-state index is 12.5. The van der Waals surface area contributed by atoms with E-state index in [1.165, 1.54) is 17.5 Å². The van der Waals surface area contributed by atoms with Crippen molar-refractivity contribution in [3.63, 3.8) is 0 Å². The van der Waals surface area contributed by atoms with Gasteiger partial charge >= 0.3 is 0 Å². The Bertz CT molecular complexity index is 592. The summed E-state index contributed by atoms with van der Waals surface area (Å²) in [6.07, 6.45) is 6.69. The van der Waals surface area contributed by atoms with E-state index in [1.807, 2.05) is 6.92 Å². The quantitative estimate of drug-likeness (QED) is 0.768. The number of hydrogen-bond donors (Lipinski definition) is 0. The summed E-state index contributed by atoms with van der Waals surface area (Å²) in [4.78, 5) is 12.5. The zero-order valence-electron chi connectivity index (χ0n) is 15.0. The van der Waals surface area contributed by atoms with Gasteiger partial charge in [0.25, 0.3) is 0 Å². The summed E-state index contributed by atoms with van der Waals surface area (Å²) < 4.78 is 5.40. The number of aryl methyl sites for hydroxylation is 1. The first-order chi connectivity index (χ1) is 11.1. The Morgan fingerprint density at radius 1 is 1.30 bits per heavy atom. The summed E-state index contributed by atoms with van der Waals surface area (Å²) in [5.74, 6) is 3.23. The van der Waals surface area contributed by atoms with Crippen molar-refractivity contribution in [3.8, 4) is 5.75 Å². The molecule has 0 unspecified atom stereocenters. The molecule has 0 amide bonds. The number of methoxy groups -OCH3 is 1. The predicted octanol–water partition coefficient (Wildman–Crippen LogP) is 5.15. The smallest absolute Gasteiger partial charge is 0.136 e. The molecule has 0 radical (unpaired) electrons. The Hall–Kier alpha value is -1.31. The second-order valence-corrected chi connectivity index (χ2v) is 7.49. The van der Waals surface area contributed by atoms with Gasteiger partial charge in [0.2, 0.25) is 0 Å². The lowest BCUT2D eigenvalue weighted by atomic mass is 9.51. The van der Waals surface area contributed by atoms with Gasteiger partial charge in [0, 0.05) is 5.41 Å². The minimum absolute atomic E-state index is 0.0696. The monoisotopic (exact) mass is 314 g/mol. The zero-order chi connectivity index (χ0) is 16.6. The van der Waals surface area contributed by atoms with Crippen LogP contribution in [0.1, 0.15) is 69.9 Å². The number of fused-ring (bicyclic) bond motifs is 3. The van der Waals surface area contributed by atoms with Gasteiger partial charge in [-0.1, -0.05) is 26.3 Å². The third-order valence-corrected chi connectivity index (χ3v) is 6.91. The molecule has 0 aliphatic heterocycles. The Morgan fingerprint density at radius 3 is 2.70 bits per heavy atom. The second kappa shape index (κ2) is 6.30. The highest BCUT2D eigenvalue weighted by molar-refractivity contribution is 5.83. The number of ether oxygens (including phenoxy) is 1. The van der Waals surface area contributed by atoms with Crippen molar-refractivity contribution < 1.29 is 9.53 Å². The fourth-order valence-corrected chi connectivity index (χ4v) is 5.72. The van der Waals surface area contributed by atoms with Crippen LogP contribution >= 0.6 is 0 Å². The van der Waals surface area contributed by atoms with E-state index in [0.29, 0.717) is 23.5 Å². The average molecular weight is 314 g/mol. The van der Waals surface area contributed by atoms with Crippen LogP contribution < -0.4 is 4.74 Å². The minimum atomic E-state index is -0.0696. The topological polar surface area (TPSA) is 26.3 Å². The van der Waals surface area contributed by atoms with Gasteiger partial charge < -0.3 is 4.74 Å². The lowest BCUT2D eigenvalue weighted by Crippen LogP contribution is -2.47. The maximum Gasteiger partial charge on any atom is 0.136 e. The first-order valence-corrected chi connectivity index (χ1v) is 9.25. The standard InChI is InChI=1S/C21H30O2/c1-5-20-19-9-7-15-13-16(23-4)8-10-17(15)18(19)11-12-21(20,6-2)14(3)22/h8,10,13,18-20H,5-7,9,11-12H2,1-4H3/t18-,19-,20+,21-/m1/s1. The fourth-order valence-electron chi connectivity index (χ4n) is 5.72. The highest BCUT2D eigenvalue weighted by Crippen LogP contribution is 2.57. The van der Waals surface area contributed by atoms with E-state index in [9.17, 15) is 4.79 Å². The maximum atomic E-state index is 12.5. The lowest BCUT2D eigenvalue weighted by Gasteiger charge is -2.52. The van der Waals surface area contributed by atoms with Gasteiger partial charge in [-0.15, -0.1) is 0 Å². The molecule has 4 atom stereocenters. The van der Waals surface area contributed by atoms with Crippen LogP contribution in [0.2, 0.25) is 0 Å². The first-order valence-electron chi connectivity index (χ1n) is 9.25. The third-order valence-electron chi connectivity index (χ3n) is 6.91. The largest absolute Gasteiger partial charge is 0.497 e. The van der Waals surface area contributed by atoms with E-state index < -0.39 is 0 Å². The van der Waals surface area contributed by atoms with Crippen molar-refractivity contribution >= 4 is 5.78 Å². The van der Waals surface area contributed by atoms with E-state index in [4.69, 9.17) is 4.74 Å². The molecule has 3 rings (SSSR count). The van der Waals surface area contributed by atoms with Gasteiger partial charge in [0.05, 0.1) is 7.11 Å². The number of carbonyl (C=O) groups is 1. The Balaban J connectivity index is 1.97. The molecule has 23 heavy (non-hydrogen) atoms. The molecule has 0 bridgehead atoms. The highest BCUT2D eigenvalue weighted by Gasteiger charge is 2.51. The molecular formula is C21H30O2. The van der Waals surface area contributed by atoms with Crippen LogP contribution in [0.4, 0.5) is 0 Å². The molecule has 0 heterocycles. The lowest BCUT2D eigenvalue weighted by molar-refractivity contribution is -0.136. The minimum Gasteiger partial charge on any atom is -0.497 e. The number of hydrogen-bond acceptors (Lipinski definition) is 2. The van der Waals surface area contributed by atoms with E-state index >= 15 is 0 Å². The molecular weight excluding hydrogens is 284 g/mol. The number of ketones is 1. The molecule has 1 aromatic carbocycles. The molecule has 0 spiro atoms. The van der Waals surface area contributed by atoms with Gasteiger partial charge in [-0.3, -0.25) is 4.79 Å². The van der Waals surface area contributed by atoms with Crippen LogP contribution in [0.25, 0.3) is 0 Å². The molecule has 2 nitrogen and oxygen atoms in total. The van der Waals surface area contributed by atoms with Crippen molar-refractivity contribution in [2.75, 3.05) is 7.11 Å². The molecule has 0 N–H and O–H groups in total. The van der Waals surface area contributed by atoms with Crippen LogP contribution in [0.15, 0.2) is 18.2 Å². The van der Waals surface area contributed by atoms with Crippen molar-refractivity contribution in [2.45, 2.75) is 65.2 Å². The van der Waals surface area contributed by atoms with Gasteiger partial charge in [0.15, 0.2) is 0 Å². The zero-order valence-corrected chi connectivity index (χ0v) is 15.0. The Kier molecular flexibility index (Phi) is 4.53. The SMILES string of the molecule is CC[C@H]1[C@@H]2CCc3cc(OC)ccc3[C@H]2CC[C@]1(CC)C(C)=O. The molecule has 1 aromatic rings. The first kappa shape index (κ1) is 16.5. The summed E-state index contributed by atoms with van der Waals surface area (Å²) in [5.41, 5.74) is 2.92. The summed E-state index contributed by atoms with van der Waals surface area (Å²) in [6.45, 7) is 6.32. The summed E-state index contributed by atoms with van der Waals surface area (Å²) in [7, 11) is 1.74. The molecule has 1 saturated carbocycles. The Labute approximate surface area is 140 Å². The van der Waals surface area contributed by atoms with Crippen LogP contribution in [0, 0.1) is 17.3 Å². The molecule has 0 aromatic heterocycles. The summed E-state index contributed by atoms with van der Waals surface area (Å²) in [5, 5.41) is 0. The van der Waals surface area contributed by atoms with E-state index in [0.717, 1.165) is 37.9 Å².